The molecule has 1 aromatic rings. The van der Waals surface area contributed by atoms with E-state index in [1.807, 2.05) is 24.3 Å². The van der Waals surface area contributed by atoms with Crippen LogP contribution >= 0.6 is 15.9 Å². The number of ether oxygens (including phenoxy) is 1. The molecular formula is C15H20BrNO2. The van der Waals surface area contributed by atoms with Crippen LogP contribution in [0.5, 0.6) is 5.75 Å². The summed E-state index contributed by atoms with van der Waals surface area (Å²) in [6.45, 7) is 5.54. The lowest BCUT2D eigenvalue weighted by atomic mass is 9.91. The van der Waals surface area contributed by atoms with Gasteiger partial charge in [-0.2, -0.15) is 0 Å². The minimum absolute atomic E-state index is 0.0698. The number of amides is 1. The predicted molar refractivity (Wildman–Crippen MR) is 79.9 cm³/mol. The maximum atomic E-state index is 12.3. The molecule has 104 valence electrons. The zero-order chi connectivity index (χ0) is 13.9. The highest BCUT2D eigenvalue weighted by atomic mass is 79.9. The fourth-order valence-corrected chi connectivity index (χ4v) is 2.31. The minimum atomic E-state index is -0.0870. The van der Waals surface area contributed by atoms with E-state index in [0.717, 1.165) is 23.1 Å². The van der Waals surface area contributed by atoms with Crippen molar-refractivity contribution in [2.24, 2.45) is 5.41 Å². The summed E-state index contributed by atoms with van der Waals surface area (Å²) in [5.41, 5.74) is 1.07. The van der Waals surface area contributed by atoms with Gasteiger partial charge in [0.1, 0.15) is 5.75 Å². The molecule has 0 spiro atoms. The van der Waals surface area contributed by atoms with Crippen LogP contribution in [0, 0.1) is 5.41 Å². The average Bonchev–Trinajstić information content (AvgIpc) is 2.44. The molecule has 1 aliphatic heterocycles. The fraction of sp³-hybridized carbons (Fsp3) is 0.533. The number of benzene rings is 1. The van der Waals surface area contributed by atoms with Gasteiger partial charge in [-0.15, -0.1) is 0 Å². The molecule has 0 radical (unpaired) electrons. The first kappa shape index (κ1) is 14.4. The van der Waals surface area contributed by atoms with Crippen LogP contribution in [0.25, 0.3) is 0 Å². The molecule has 4 heteroatoms. The van der Waals surface area contributed by atoms with Crippen LogP contribution in [-0.4, -0.2) is 24.4 Å². The van der Waals surface area contributed by atoms with Gasteiger partial charge in [0.15, 0.2) is 0 Å². The highest BCUT2D eigenvalue weighted by Gasteiger charge is 2.28. The van der Waals surface area contributed by atoms with Crippen molar-refractivity contribution in [3.05, 3.63) is 29.8 Å². The van der Waals surface area contributed by atoms with Gasteiger partial charge >= 0.3 is 0 Å². The van der Waals surface area contributed by atoms with Crippen molar-refractivity contribution in [3.8, 4) is 5.75 Å². The number of alkyl halides is 1. The Kier molecular flexibility index (Phi) is 4.50. The van der Waals surface area contributed by atoms with Crippen molar-refractivity contribution in [3.63, 3.8) is 0 Å². The van der Waals surface area contributed by atoms with Crippen LogP contribution in [0.4, 0.5) is 0 Å². The van der Waals surface area contributed by atoms with Gasteiger partial charge in [0, 0.05) is 17.4 Å². The lowest BCUT2D eigenvalue weighted by Crippen LogP contribution is -2.38. The molecule has 0 saturated carbocycles. The Hall–Kier alpha value is -1.03. The molecule has 1 amide bonds. The first-order valence-electron chi connectivity index (χ1n) is 6.59. The Labute approximate surface area is 122 Å². The number of carbonyl (C=O) groups excluding carboxylic acids is 1. The molecule has 1 aliphatic rings. The number of hydrogen-bond donors (Lipinski definition) is 1. The lowest BCUT2D eigenvalue weighted by Gasteiger charge is -2.27. The summed E-state index contributed by atoms with van der Waals surface area (Å²) in [4.78, 5) is 12.3. The van der Waals surface area contributed by atoms with Crippen LogP contribution < -0.4 is 10.1 Å². The van der Waals surface area contributed by atoms with Gasteiger partial charge in [-0.3, -0.25) is 4.79 Å². The molecule has 0 aliphatic carbocycles. The molecule has 3 nitrogen and oxygen atoms in total. The summed E-state index contributed by atoms with van der Waals surface area (Å²) >= 11 is 3.47. The van der Waals surface area contributed by atoms with Gasteiger partial charge in [-0.05, 0) is 17.9 Å². The van der Waals surface area contributed by atoms with Crippen molar-refractivity contribution in [1.82, 2.24) is 5.32 Å². The first-order valence-corrected chi connectivity index (χ1v) is 7.71. The lowest BCUT2D eigenvalue weighted by molar-refractivity contribution is -0.123. The summed E-state index contributed by atoms with van der Waals surface area (Å²) in [7, 11) is 0. The number of carbonyl (C=O) groups is 1. The average molecular weight is 326 g/mol. The zero-order valence-electron chi connectivity index (χ0n) is 11.4. The summed E-state index contributed by atoms with van der Waals surface area (Å²) in [6.07, 6.45) is 0.748. The Morgan fingerprint density at radius 2 is 2.21 bits per heavy atom. The second-order valence-electron chi connectivity index (χ2n) is 5.74. The predicted octanol–water partition coefficient (Wildman–Crippen LogP) is 3.09. The van der Waals surface area contributed by atoms with Gasteiger partial charge < -0.3 is 10.1 Å². The van der Waals surface area contributed by atoms with E-state index in [9.17, 15) is 4.79 Å². The van der Waals surface area contributed by atoms with E-state index in [0.29, 0.717) is 13.2 Å². The van der Waals surface area contributed by atoms with Gasteiger partial charge in [-0.25, -0.2) is 0 Å². The molecule has 0 aromatic heterocycles. The number of halogens is 1. The monoisotopic (exact) mass is 325 g/mol. The highest BCUT2D eigenvalue weighted by Crippen LogP contribution is 2.33. The van der Waals surface area contributed by atoms with Crippen molar-refractivity contribution < 1.29 is 9.53 Å². The van der Waals surface area contributed by atoms with E-state index in [1.54, 1.807) is 0 Å². The molecule has 1 N–H and O–H groups in total. The van der Waals surface area contributed by atoms with E-state index in [4.69, 9.17) is 4.74 Å². The van der Waals surface area contributed by atoms with E-state index in [1.165, 1.54) is 0 Å². The van der Waals surface area contributed by atoms with Gasteiger partial charge in [-0.1, -0.05) is 48.0 Å². The van der Waals surface area contributed by atoms with Crippen molar-refractivity contribution in [1.29, 1.82) is 0 Å². The number of para-hydroxylation sites is 1. The van der Waals surface area contributed by atoms with Gasteiger partial charge in [0.25, 0.3) is 0 Å². The second kappa shape index (κ2) is 5.95. The quantitative estimate of drug-likeness (QED) is 0.864. The van der Waals surface area contributed by atoms with Crippen LogP contribution in [0.2, 0.25) is 0 Å². The summed E-state index contributed by atoms with van der Waals surface area (Å²) in [5, 5.41) is 3.93. The number of nitrogens with one attached hydrogen (secondary N) is 1. The largest absolute Gasteiger partial charge is 0.493 e. The molecule has 0 fully saturated rings. The van der Waals surface area contributed by atoms with E-state index >= 15 is 0 Å². The third-order valence-corrected chi connectivity index (χ3v) is 4.90. The molecule has 0 saturated heterocycles. The number of fused-ring (bicyclic) bond motifs is 1. The Morgan fingerprint density at radius 1 is 1.47 bits per heavy atom. The third kappa shape index (κ3) is 3.50. The molecule has 1 unspecified atom stereocenters. The van der Waals surface area contributed by atoms with Gasteiger partial charge in [0.2, 0.25) is 5.91 Å². The maximum absolute atomic E-state index is 12.3. The molecule has 0 bridgehead atoms. The van der Waals surface area contributed by atoms with Crippen LogP contribution in [-0.2, 0) is 4.79 Å². The van der Waals surface area contributed by atoms with Crippen LogP contribution in [0.3, 0.4) is 0 Å². The highest BCUT2D eigenvalue weighted by molar-refractivity contribution is 9.09. The molecule has 19 heavy (non-hydrogen) atoms. The normalized spacial score (nSPS) is 18.4. The standard InChI is InChI=1S/C15H20BrNO2/c1-15(2,9-16)10-17-14(18)12-7-8-19-13-6-4-3-5-11(12)13/h3-6,12H,7-10H2,1-2H3,(H,17,18). The van der Waals surface area contributed by atoms with Gasteiger partial charge in [0.05, 0.1) is 12.5 Å². The summed E-state index contributed by atoms with van der Waals surface area (Å²) in [5.74, 6) is 0.856. The molecule has 2 rings (SSSR count). The minimum Gasteiger partial charge on any atom is -0.493 e. The van der Waals surface area contributed by atoms with Crippen molar-refractivity contribution in [2.75, 3.05) is 18.5 Å². The molecule has 1 heterocycles. The first-order chi connectivity index (χ1) is 9.03. The third-order valence-electron chi connectivity index (χ3n) is 3.38. The van der Waals surface area contributed by atoms with Crippen LogP contribution in [0.15, 0.2) is 24.3 Å². The topological polar surface area (TPSA) is 38.3 Å². The SMILES string of the molecule is CC(C)(CBr)CNC(=O)C1CCOc2ccccc21. The Bertz CT molecular complexity index is 459. The second-order valence-corrected chi connectivity index (χ2v) is 6.30. The zero-order valence-corrected chi connectivity index (χ0v) is 13.0. The van der Waals surface area contributed by atoms with E-state index < -0.39 is 0 Å². The molecule has 1 aromatic carbocycles. The van der Waals surface area contributed by atoms with Crippen molar-refractivity contribution in [2.45, 2.75) is 26.2 Å². The van der Waals surface area contributed by atoms with Crippen molar-refractivity contribution >= 4 is 21.8 Å². The molecular weight excluding hydrogens is 306 g/mol. The van der Waals surface area contributed by atoms with Crippen LogP contribution in [0.1, 0.15) is 31.7 Å². The maximum Gasteiger partial charge on any atom is 0.227 e. The summed E-state index contributed by atoms with van der Waals surface area (Å²) < 4.78 is 5.58. The Morgan fingerprint density at radius 3 is 2.95 bits per heavy atom. The van der Waals surface area contributed by atoms with E-state index in [-0.39, 0.29) is 17.2 Å². The van der Waals surface area contributed by atoms with E-state index in [2.05, 4.69) is 35.1 Å². The Balaban J connectivity index is 2.05. The fourth-order valence-electron chi connectivity index (χ4n) is 2.11. The number of hydrogen-bond acceptors (Lipinski definition) is 2. The summed E-state index contributed by atoms with van der Waals surface area (Å²) in [6, 6.07) is 7.80. The molecule has 1 atom stereocenters. The number of rotatable bonds is 4. The smallest absolute Gasteiger partial charge is 0.227 e.